The lowest BCUT2D eigenvalue weighted by Gasteiger charge is -2.35. The van der Waals surface area contributed by atoms with E-state index >= 15 is 0 Å². The second-order valence-corrected chi connectivity index (χ2v) is 5.46. The average Bonchev–Trinajstić information content (AvgIpc) is 3.27. The monoisotopic (exact) mass is 276 g/mol. The zero-order valence-electron chi connectivity index (χ0n) is 11.8. The van der Waals surface area contributed by atoms with E-state index in [0.717, 1.165) is 36.6 Å². The number of rotatable bonds is 3. The Balaban J connectivity index is 2.02. The van der Waals surface area contributed by atoms with Gasteiger partial charge in [-0.05, 0) is 26.7 Å². The van der Waals surface area contributed by atoms with E-state index in [2.05, 4.69) is 15.7 Å². The Hall–Kier alpha value is -1.89. The smallest absolute Gasteiger partial charge is 0.242 e. The largest absolute Gasteiger partial charge is 0.353 e. The molecule has 1 saturated carbocycles. The maximum atomic E-state index is 11.8. The van der Waals surface area contributed by atoms with Crippen LogP contribution in [0.5, 0.6) is 0 Å². The number of hydrogen-bond acceptors (Lipinski definition) is 6. The van der Waals surface area contributed by atoms with Crippen molar-refractivity contribution in [1.29, 1.82) is 0 Å². The molecule has 2 heterocycles. The third-order valence-electron chi connectivity index (χ3n) is 3.99. The normalized spacial score (nSPS) is 22.6. The van der Waals surface area contributed by atoms with Crippen molar-refractivity contribution < 1.29 is 4.79 Å². The topological polar surface area (TPSA) is 96.2 Å². The van der Waals surface area contributed by atoms with Crippen molar-refractivity contribution in [2.75, 3.05) is 23.4 Å². The molecule has 1 aliphatic carbocycles. The van der Waals surface area contributed by atoms with Gasteiger partial charge in [-0.15, -0.1) is 0 Å². The molecule has 1 unspecified atom stereocenters. The first kappa shape index (κ1) is 13.1. The first-order valence-electron chi connectivity index (χ1n) is 7.01. The predicted molar refractivity (Wildman–Crippen MR) is 76.4 cm³/mol. The molecule has 0 bridgehead atoms. The molecule has 1 aliphatic heterocycles. The number of carbonyl (C=O) groups is 1. The summed E-state index contributed by atoms with van der Waals surface area (Å²) < 4.78 is 0. The van der Waals surface area contributed by atoms with Crippen LogP contribution in [0.3, 0.4) is 0 Å². The van der Waals surface area contributed by atoms with E-state index in [0.29, 0.717) is 18.3 Å². The van der Waals surface area contributed by atoms with Gasteiger partial charge in [-0.2, -0.15) is 0 Å². The second-order valence-electron chi connectivity index (χ2n) is 5.46. The van der Waals surface area contributed by atoms with Crippen LogP contribution in [0.2, 0.25) is 0 Å². The Morgan fingerprint density at radius 2 is 2.15 bits per heavy atom. The third-order valence-corrected chi connectivity index (χ3v) is 3.99. The summed E-state index contributed by atoms with van der Waals surface area (Å²) in [6.07, 6.45) is 2.26. The van der Waals surface area contributed by atoms with Gasteiger partial charge in [-0.25, -0.2) is 15.8 Å². The number of aromatic nitrogens is 2. The van der Waals surface area contributed by atoms with Crippen LogP contribution in [-0.2, 0) is 4.79 Å². The van der Waals surface area contributed by atoms with Crippen molar-refractivity contribution in [2.45, 2.75) is 38.6 Å². The zero-order chi connectivity index (χ0) is 14.3. The minimum atomic E-state index is -0.227. The highest BCUT2D eigenvalue weighted by Crippen LogP contribution is 2.40. The SMILES string of the molecule is Cc1c(NN)nc(C2CC2)nc1N1CCNC(=O)C1C. The molecule has 4 N–H and O–H groups in total. The van der Waals surface area contributed by atoms with Crippen molar-refractivity contribution in [3.63, 3.8) is 0 Å². The molecule has 3 rings (SSSR count). The Morgan fingerprint density at radius 1 is 1.40 bits per heavy atom. The van der Waals surface area contributed by atoms with E-state index in [1.165, 1.54) is 0 Å². The molecule has 1 aromatic rings. The predicted octanol–water partition coefficient (Wildman–Crippen LogP) is 0.273. The fourth-order valence-corrected chi connectivity index (χ4v) is 2.54. The Bertz CT molecular complexity index is 542. The molecule has 20 heavy (non-hydrogen) atoms. The molecule has 2 aliphatic rings. The van der Waals surface area contributed by atoms with Crippen LogP contribution in [-0.4, -0.2) is 35.0 Å². The van der Waals surface area contributed by atoms with E-state index in [-0.39, 0.29) is 11.9 Å². The summed E-state index contributed by atoms with van der Waals surface area (Å²) in [7, 11) is 0. The van der Waals surface area contributed by atoms with Crippen LogP contribution >= 0.6 is 0 Å². The number of nitrogens with two attached hydrogens (primary N) is 1. The number of hydrazine groups is 1. The Labute approximate surface area is 117 Å². The van der Waals surface area contributed by atoms with Crippen molar-refractivity contribution in [3.05, 3.63) is 11.4 Å². The molecule has 1 saturated heterocycles. The minimum absolute atomic E-state index is 0.0319. The third kappa shape index (κ3) is 2.18. The molecule has 1 atom stereocenters. The molecule has 0 spiro atoms. The van der Waals surface area contributed by atoms with Crippen molar-refractivity contribution in [3.8, 4) is 0 Å². The van der Waals surface area contributed by atoms with E-state index in [1.807, 2.05) is 18.7 Å². The number of anilines is 2. The molecule has 1 aromatic heterocycles. The summed E-state index contributed by atoms with van der Waals surface area (Å²) in [5.41, 5.74) is 3.53. The van der Waals surface area contributed by atoms with E-state index in [1.54, 1.807) is 0 Å². The molecule has 108 valence electrons. The molecular weight excluding hydrogens is 256 g/mol. The van der Waals surface area contributed by atoms with Gasteiger partial charge in [0.1, 0.15) is 23.5 Å². The maximum Gasteiger partial charge on any atom is 0.242 e. The van der Waals surface area contributed by atoms with E-state index < -0.39 is 0 Å². The number of piperazine rings is 1. The fraction of sp³-hybridized carbons (Fsp3) is 0.615. The van der Waals surface area contributed by atoms with Crippen LogP contribution in [0.15, 0.2) is 0 Å². The lowest BCUT2D eigenvalue weighted by atomic mass is 10.1. The van der Waals surface area contributed by atoms with Gasteiger partial charge in [0, 0.05) is 24.6 Å². The van der Waals surface area contributed by atoms with Gasteiger partial charge in [-0.1, -0.05) is 0 Å². The second kappa shape index (κ2) is 4.90. The summed E-state index contributed by atoms with van der Waals surface area (Å²) >= 11 is 0. The fourth-order valence-electron chi connectivity index (χ4n) is 2.54. The first-order chi connectivity index (χ1) is 9.61. The van der Waals surface area contributed by atoms with Gasteiger partial charge in [0.15, 0.2) is 0 Å². The molecule has 2 fully saturated rings. The first-order valence-corrected chi connectivity index (χ1v) is 7.01. The number of nitrogens with zero attached hydrogens (tertiary/aromatic N) is 3. The highest BCUT2D eigenvalue weighted by molar-refractivity contribution is 5.86. The standard InChI is InChI=1S/C13H20N6O/c1-7-10(18-14)16-11(9-3-4-9)17-12(7)19-6-5-15-13(20)8(19)2/h8-9H,3-6,14H2,1-2H3,(H,15,20)(H,16,17,18). The highest BCUT2D eigenvalue weighted by Gasteiger charge is 2.32. The number of nitrogen functional groups attached to an aromatic ring is 1. The molecular formula is C13H20N6O. The van der Waals surface area contributed by atoms with Gasteiger partial charge in [-0.3, -0.25) is 4.79 Å². The van der Waals surface area contributed by atoms with Gasteiger partial charge >= 0.3 is 0 Å². The highest BCUT2D eigenvalue weighted by atomic mass is 16.2. The quantitative estimate of drug-likeness (QED) is 0.542. The number of nitrogens with one attached hydrogen (secondary N) is 2. The van der Waals surface area contributed by atoms with E-state index in [9.17, 15) is 4.79 Å². The summed E-state index contributed by atoms with van der Waals surface area (Å²) in [6.45, 7) is 5.21. The lowest BCUT2D eigenvalue weighted by molar-refractivity contribution is -0.122. The minimum Gasteiger partial charge on any atom is -0.353 e. The summed E-state index contributed by atoms with van der Waals surface area (Å²) in [6, 6.07) is -0.227. The molecule has 7 heteroatoms. The van der Waals surface area contributed by atoms with Crippen molar-refractivity contribution in [1.82, 2.24) is 15.3 Å². The number of hydrogen-bond donors (Lipinski definition) is 3. The maximum absolute atomic E-state index is 11.8. The van der Waals surface area contributed by atoms with Crippen molar-refractivity contribution >= 4 is 17.5 Å². The van der Waals surface area contributed by atoms with Crippen LogP contribution in [0.4, 0.5) is 11.6 Å². The van der Waals surface area contributed by atoms with Gasteiger partial charge in [0.05, 0.1) is 0 Å². The van der Waals surface area contributed by atoms with Gasteiger partial charge < -0.3 is 15.6 Å². The lowest BCUT2D eigenvalue weighted by Crippen LogP contribution is -2.54. The molecule has 1 amide bonds. The van der Waals surface area contributed by atoms with Gasteiger partial charge in [0.25, 0.3) is 0 Å². The van der Waals surface area contributed by atoms with Crippen LogP contribution in [0.25, 0.3) is 0 Å². The van der Waals surface area contributed by atoms with Gasteiger partial charge in [0.2, 0.25) is 5.91 Å². The van der Waals surface area contributed by atoms with Crippen LogP contribution < -0.4 is 21.5 Å². The Kier molecular flexibility index (Phi) is 3.21. The molecule has 0 aromatic carbocycles. The van der Waals surface area contributed by atoms with Crippen LogP contribution in [0, 0.1) is 6.92 Å². The summed E-state index contributed by atoms with van der Waals surface area (Å²) in [5.74, 6) is 8.33. The Morgan fingerprint density at radius 3 is 2.80 bits per heavy atom. The molecule has 0 radical (unpaired) electrons. The number of carbonyl (C=O) groups excluding carboxylic acids is 1. The average molecular weight is 276 g/mol. The number of amides is 1. The van der Waals surface area contributed by atoms with E-state index in [4.69, 9.17) is 10.8 Å². The summed E-state index contributed by atoms with van der Waals surface area (Å²) in [5, 5.41) is 2.86. The summed E-state index contributed by atoms with van der Waals surface area (Å²) in [4.78, 5) is 23.0. The van der Waals surface area contributed by atoms with Crippen molar-refractivity contribution in [2.24, 2.45) is 5.84 Å². The molecule has 7 nitrogen and oxygen atoms in total. The van der Waals surface area contributed by atoms with Crippen LogP contribution in [0.1, 0.15) is 37.1 Å². The zero-order valence-corrected chi connectivity index (χ0v) is 11.8.